The number of hydrogen-bond acceptors (Lipinski definition) is 1. The van der Waals surface area contributed by atoms with E-state index < -0.39 is 0 Å². The van der Waals surface area contributed by atoms with Crippen LogP contribution in [0.2, 0.25) is 0 Å². The smallest absolute Gasteiger partial charge is 0.131 e. The summed E-state index contributed by atoms with van der Waals surface area (Å²) in [6.07, 6.45) is 5.20. The van der Waals surface area contributed by atoms with Crippen LogP contribution in [0.3, 0.4) is 0 Å². The van der Waals surface area contributed by atoms with Crippen LogP contribution in [0.5, 0.6) is 5.75 Å². The Morgan fingerprint density at radius 3 is 2.31 bits per heavy atom. The fourth-order valence-corrected chi connectivity index (χ4v) is 1.12. The summed E-state index contributed by atoms with van der Waals surface area (Å²) < 4.78 is 0. The number of phenolic OH excluding ortho intramolecular Hbond substituents is 1. The molecule has 0 saturated heterocycles. The van der Waals surface area contributed by atoms with E-state index in [1.165, 1.54) is 0 Å². The first-order valence-electron chi connectivity index (χ1n) is 4.25. The molecular weight excluding hydrogens is 160 g/mol. The van der Waals surface area contributed by atoms with Gasteiger partial charge in [0.25, 0.3) is 0 Å². The molecule has 0 fully saturated rings. The summed E-state index contributed by atoms with van der Waals surface area (Å²) in [6.45, 7) is 6.28. The van der Waals surface area contributed by atoms with Crippen LogP contribution >= 0.6 is 0 Å². The van der Waals surface area contributed by atoms with E-state index in [4.69, 9.17) is 6.42 Å². The van der Waals surface area contributed by atoms with Gasteiger partial charge in [0, 0.05) is 0 Å². The molecule has 0 spiro atoms. The maximum absolute atomic E-state index is 9.51. The lowest BCUT2D eigenvalue weighted by molar-refractivity contribution is 0.469. The van der Waals surface area contributed by atoms with Crippen molar-refractivity contribution in [2.24, 2.45) is 0 Å². The number of hydrogen-bond donors (Lipinski definition) is 1. The first kappa shape index (κ1) is 9.67. The first-order chi connectivity index (χ1) is 5.95. The molecule has 0 aliphatic heterocycles. The van der Waals surface area contributed by atoms with Gasteiger partial charge in [-0.1, -0.05) is 32.8 Å². The predicted molar refractivity (Wildman–Crippen MR) is 54.7 cm³/mol. The van der Waals surface area contributed by atoms with Gasteiger partial charge in [-0.15, -0.1) is 6.42 Å². The van der Waals surface area contributed by atoms with Crippen molar-refractivity contribution in [2.45, 2.75) is 26.2 Å². The number of benzene rings is 1. The number of rotatable bonds is 0. The van der Waals surface area contributed by atoms with Crippen molar-refractivity contribution in [1.82, 2.24) is 0 Å². The van der Waals surface area contributed by atoms with E-state index in [1.807, 2.05) is 6.07 Å². The Morgan fingerprint density at radius 2 is 1.92 bits per heavy atom. The standard InChI is InChI=1S/C12H14O/c1-5-9-6-7-10(8-11(9)13)12(2,3)4/h1,6-8,13H,2-4H3. The molecule has 0 saturated carbocycles. The molecule has 1 rings (SSSR count). The van der Waals surface area contributed by atoms with Crippen LogP contribution in [0.15, 0.2) is 18.2 Å². The quantitative estimate of drug-likeness (QED) is 0.599. The van der Waals surface area contributed by atoms with Crippen LogP contribution in [-0.2, 0) is 5.41 Å². The molecule has 0 atom stereocenters. The topological polar surface area (TPSA) is 20.2 Å². The lowest BCUT2D eigenvalue weighted by Crippen LogP contribution is -2.10. The van der Waals surface area contributed by atoms with E-state index in [1.54, 1.807) is 12.1 Å². The van der Waals surface area contributed by atoms with Crippen molar-refractivity contribution in [3.63, 3.8) is 0 Å². The molecule has 0 bridgehead atoms. The van der Waals surface area contributed by atoms with E-state index in [2.05, 4.69) is 26.7 Å². The molecule has 0 unspecified atom stereocenters. The van der Waals surface area contributed by atoms with Crippen molar-refractivity contribution in [3.8, 4) is 18.1 Å². The van der Waals surface area contributed by atoms with E-state index in [-0.39, 0.29) is 11.2 Å². The normalized spacial score (nSPS) is 10.9. The van der Waals surface area contributed by atoms with Gasteiger partial charge in [0.15, 0.2) is 0 Å². The van der Waals surface area contributed by atoms with Crippen molar-refractivity contribution >= 4 is 0 Å². The van der Waals surface area contributed by atoms with Crippen molar-refractivity contribution in [2.75, 3.05) is 0 Å². The summed E-state index contributed by atoms with van der Waals surface area (Å²) in [5.41, 5.74) is 1.68. The zero-order chi connectivity index (χ0) is 10.1. The highest BCUT2D eigenvalue weighted by Gasteiger charge is 2.14. The maximum Gasteiger partial charge on any atom is 0.131 e. The van der Waals surface area contributed by atoms with Crippen molar-refractivity contribution < 1.29 is 5.11 Å². The zero-order valence-corrected chi connectivity index (χ0v) is 8.26. The minimum atomic E-state index is 0.0462. The third-order valence-corrected chi connectivity index (χ3v) is 2.02. The lowest BCUT2D eigenvalue weighted by Gasteiger charge is -2.19. The Morgan fingerprint density at radius 1 is 1.31 bits per heavy atom. The molecule has 1 heteroatoms. The second-order valence-corrected chi connectivity index (χ2v) is 4.13. The highest BCUT2D eigenvalue weighted by Crippen LogP contribution is 2.27. The van der Waals surface area contributed by atoms with E-state index in [0.29, 0.717) is 5.56 Å². The molecule has 1 nitrogen and oxygen atoms in total. The van der Waals surface area contributed by atoms with E-state index >= 15 is 0 Å². The molecule has 0 aromatic heterocycles. The molecule has 1 N–H and O–H groups in total. The fraction of sp³-hybridized carbons (Fsp3) is 0.333. The lowest BCUT2D eigenvalue weighted by atomic mass is 9.86. The first-order valence-corrected chi connectivity index (χ1v) is 4.25. The minimum Gasteiger partial charge on any atom is -0.507 e. The average molecular weight is 174 g/mol. The van der Waals surface area contributed by atoms with Crippen LogP contribution in [0.4, 0.5) is 0 Å². The van der Waals surface area contributed by atoms with Gasteiger partial charge in [0.2, 0.25) is 0 Å². The summed E-state index contributed by atoms with van der Waals surface area (Å²) in [5, 5.41) is 9.51. The minimum absolute atomic E-state index is 0.0462. The van der Waals surface area contributed by atoms with Gasteiger partial charge in [-0.05, 0) is 23.1 Å². The fourth-order valence-electron chi connectivity index (χ4n) is 1.12. The monoisotopic (exact) mass is 174 g/mol. The van der Waals surface area contributed by atoms with Gasteiger partial charge in [0.05, 0.1) is 5.56 Å². The summed E-state index contributed by atoms with van der Waals surface area (Å²) in [6, 6.07) is 5.46. The molecule has 0 heterocycles. The average Bonchev–Trinajstić information content (AvgIpc) is 2.02. The van der Waals surface area contributed by atoms with Gasteiger partial charge >= 0.3 is 0 Å². The van der Waals surface area contributed by atoms with Crippen molar-refractivity contribution in [3.05, 3.63) is 29.3 Å². The highest BCUT2D eigenvalue weighted by atomic mass is 16.3. The van der Waals surface area contributed by atoms with Crippen LogP contribution in [0, 0.1) is 12.3 Å². The zero-order valence-electron chi connectivity index (χ0n) is 8.26. The molecule has 68 valence electrons. The number of aromatic hydroxyl groups is 1. The van der Waals surface area contributed by atoms with Crippen LogP contribution in [0.25, 0.3) is 0 Å². The summed E-state index contributed by atoms with van der Waals surface area (Å²) >= 11 is 0. The Balaban J connectivity index is 3.20. The summed E-state index contributed by atoms with van der Waals surface area (Å²) in [4.78, 5) is 0. The third-order valence-electron chi connectivity index (χ3n) is 2.02. The third kappa shape index (κ3) is 2.03. The maximum atomic E-state index is 9.51. The van der Waals surface area contributed by atoms with Crippen LogP contribution in [-0.4, -0.2) is 5.11 Å². The summed E-state index contributed by atoms with van der Waals surface area (Å²) in [7, 11) is 0. The highest BCUT2D eigenvalue weighted by molar-refractivity contribution is 5.47. The second-order valence-electron chi connectivity index (χ2n) is 4.13. The van der Waals surface area contributed by atoms with Crippen LogP contribution in [0.1, 0.15) is 31.9 Å². The second kappa shape index (κ2) is 3.14. The molecular formula is C12H14O. The van der Waals surface area contributed by atoms with E-state index in [9.17, 15) is 5.11 Å². The largest absolute Gasteiger partial charge is 0.507 e. The molecule has 0 aliphatic rings. The number of terminal acetylenes is 1. The molecule has 0 radical (unpaired) electrons. The van der Waals surface area contributed by atoms with Gasteiger partial charge < -0.3 is 5.11 Å². The Labute approximate surface area is 79.4 Å². The van der Waals surface area contributed by atoms with Gasteiger partial charge in [-0.2, -0.15) is 0 Å². The van der Waals surface area contributed by atoms with Crippen LogP contribution < -0.4 is 0 Å². The molecule has 1 aromatic rings. The van der Waals surface area contributed by atoms with E-state index in [0.717, 1.165) is 5.56 Å². The Kier molecular flexibility index (Phi) is 2.34. The molecule has 0 amide bonds. The Hall–Kier alpha value is -1.42. The predicted octanol–water partition coefficient (Wildman–Crippen LogP) is 2.67. The van der Waals surface area contributed by atoms with Crippen molar-refractivity contribution in [1.29, 1.82) is 0 Å². The van der Waals surface area contributed by atoms with Gasteiger partial charge in [-0.25, -0.2) is 0 Å². The van der Waals surface area contributed by atoms with Gasteiger partial charge in [-0.3, -0.25) is 0 Å². The van der Waals surface area contributed by atoms with Gasteiger partial charge in [0.1, 0.15) is 5.75 Å². The SMILES string of the molecule is C#Cc1ccc(C(C)(C)C)cc1O. The molecule has 0 aliphatic carbocycles. The molecule has 13 heavy (non-hydrogen) atoms. The summed E-state index contributed by atoms with van der Waals surface area (Å²) in [5.74, 6) is 2.61. The Bertz CT molecular complexity index is 350. The number of phenols is 1. The molecule has 1 aromatic carbocycles.